The van der Waals surface area contributed by atoms with Crippen LogP contribution in [0.3, 0.4) is 0 Å². The van der Waals surface area contributed by atoms with Crippen LogP contribution in [-0.4, -0.2) is 18.1 Å². The lowest BCUT2D eigenvalue weighted by Crippen LogP contribution is -2.22. The van der Waals surface area contributed by atoms with Gasteiger partial charge in [-0.1, -0.05) is 31.5 Å². The Kier molecular flexibility index (Phi) is 5.62. The van der Waals surface area contributed by atoms with E-state index in [0.29, 0.717) is 6.04 Å². The predicted molar refractivity (Wildman–Crippen MR) is 92.4 cm³/mol. The van der Waals surface area contributed by atoms with Crippen LogP contribution in [0, 0.1) is 6.92 Å². The molecule has 0 bridgehead atoms. The molecule has 1 heterocycles. The summed E-state index contributed by atoms with van der Waals surface area (Å²) in [5.74, 6) is 0. The zero-order chi connectivity index (χ0) is 15.4. The first kappa shape index (κ1) is 16.3. The van der Waals surface area contributed by atoms with Crippen molar-refractivity contribution in [1.82, 2.24) is 10.3 Å². The highest BCUT2D eigenvalue weighted by molar-refractivity contribution is 7.09. The number of benzene rings is 1. The van der Waals surface area contributed by atoms with Crippen molar-refractivity contribution in [3.8, 4) is 0 Å². The maximum Gasteiger partial charge on any atom is 0.0798 e. The van der Waals surface area contributed by atoms with Crippen LogP contribution >= 0.6 is 22.9 Å². The van der Waals surface area contributed by atoms with Gasteiger partial charge in [-0.2, -0.15) is 0 Å². The van der Waals surface area contributed by atoms with Crippen LogP contribution in [0.1, 0.15) is 30.0 Å². The van der Waals surface area contributed by atoms with Gasteiger partial charge in [0.2, 0.25) is 0 Å². The second kappa shape index (κ2) is 7.25. The molecule has 5 heteroatoms. The summed E-state index contributed by atoms with van der Waals surface area (Å²) in [6.45, 7) is 7.97. The number of aromatic nitrogens is 1. The Morgan fingerprint density at radius 3 is 2.71 bits per heavy atom. The number of hydrogen-bond acceptors (Lipinski definition) is 4. The minimum atomic E-state index is 0.456. The van der Waals surface area contributed by atoms with Crippen LogP contribution in [0.15, 0.2) is 23.7 Å². The minimum absolute atomic E-state index is 0.456. The van der Waals surface area contributed by atoms with Gasteiger partial charge in [-0.25, -0.2) is 4.98 Å². The number of nitrogens with zero attached hydrogens (tertiary/aromatic N) is 2. The summed E-state index contributed by atoms with van der Waals surface area (Å²) >= 11 is 8.09. The predicted octanol–water partition coefficient (Wildman–Crippen LogP) is 4.24. The highest BCUT2D eigenvalue weighted by Crippen LogP contribution is 2.25. The topological polar surface area (TPSA) is 28.2 Å². The highest BCUT2D eigenvalue weighted by atomic mass is 35.5. The van der Waals surface area contributed by atoms with Gasteiger partial charge >= 0.3 is 0 Å². The highest BCUT2D eigenvalue weighted by Gasteiger charge is 2.09. The number of hydrogen-bond donors (Lipinski definition) is 1. The molecule has 0 amide bonds. The smallest absolute Gasteiger partial charge is 0.0798 e. The second-order valence-electron chi connectivity index (χ2n) is 5.53. The zero-order valence-corrected chi connectivity index (χ0v) is 14.6. The number of halogens is 1. The van der Waals surface area contributed by atoms with E-state index in [1.54, 1.807) is 11.3 Å². The van der Waals surface area contributed by atoms with Crippen LogP contribution in [0.25, 0.3) is 0 Å². The summed E-state index contributed by atoms with van der Waals surface area (Å²) < 4.78 is 0. The summed E-state index contributed by atoms with van der Waals surface area (Å²) in [5.41, 5.74) is 5.26. The summed E-state index contributed by atoms with van der Waals surface area (Å²) in [6, 6.07) is 6.72. The van der Waals surface area contributed by atoms with Crippen molar-refractivity contribution in [2.24, 2.45) is 0 Å². The lowest BCUT2D eigenvalue weighted by molar-refractivity contribution is 0.589. The summed E-state index contributed by atoms with van der Waals surface area (Å²) in [7, 11) is 2.08. The van der Waals surface area contributed by atoms with E-state index in [1.807, 2.05) is 18.5 Å². The van der Waals surface area contributed by atoms with E-state index in [0.717, 1.165) is 35.1 Å². The standard InChI is InChI=1S/C16H22ClN3S/c1-11(2)18-8-13-5-6-14(7-15(13)17)20(4)9-16-12(3)19-10-21-16/h5-7,10-11,18H,8-9H2,1-4H3. The van der Waals surface area contributed by atoms with Gasteiger partial charge in [0.05, 0.1) is 17.7 Å². The van der Waals surface area contributed by atoms with Gasteiger partial charge in [0, 0.05) is 35.2 Å². The fraction of sp³-hybridized carbons (Fsp3) is 0.438. The quantitative estimate of drug-likeness (QED) is 0.861. The van der Waals surface area contributed by atoms with Crippen LogP contribution in [0.2, 0.25) is 5.02 Å². The number of thiazole rings is 1. The molecule has 1 aromatic carbocycles. The molecule has 0 fully saturated rings. The van der Waals surface area contributed by atoms with E-state index >= 15 is 0 Å². The molecule has 21 heavy (non-hydrogen) atoms. The summed E-state index contributed by atoms with van der Waals surface area (Å²) in [6.07, 6.45) is 0. The van der Waals surface area contributed by atoms with Gasteiger partial charge in [0.1, 0.15) is 0 Å². The molecule has 0 aliphatic heterocycles. The molecule has 2 rings (SSSR count). The first-order valence-corrected chi connectivity index (χ1v) is 8.35. The molecular weight excluding hydrogens is 302 g/mol. The van der Waals surface area contributed by atoms with Gasteiger partial charge in [0.15, 0.2) is 0 Å². The van der Waals surface area contributed by atoms with E-state index in [2.05, 4.69) is 48.2 Å². The lowest BCUT2D eigenvalue weighted by Gasteiger charge is -2.20. The van der Waals surface area contributed by atoms with Crippen molar-refractivity contribution in [2.45, 2.75) is 39.9 Å². The lowest BCUT2D eigenvalue weighted by atomic mass is 10.2. The van der Waals surface area contributed by atoms with Gasteiger partial charge in [-0.05, 0) is 24.6 Å². The number of aryl methyl sites for hydroxylation is 1. The molecule has 0 spiro atoms. The fourth-order valence-corrected chi connectivity index (χ4v) is 3.09. The van der Waals surface area contributed by atoms with Crippen LogP contribution in [0.5, 0.6) is 0 Å². The second-order valence-corrected chi connectivity index (χ2v) is 6.87. The van der Waals surface area contributed by atoms with Crippen LogP contribution < -0.4 is 10.2 Å². The Labute approximate surface area is 136 Å². The van der Waals surface area contributed by atoms with Gasteiger partial charge in [-0.3, -0.25) is 0 Å². The maximum absolute atomic E-state index is 6.39. The van der Waals surface area contributed by atoms with Crippen molar-refractivity contribution in [2.75, 3.05) is 11.9 Å². The van der Waals surface area contributed by atoms with E-state index in [9.17, 15) is 0 Å². The third-order valence-electron chi connectivity index (χ3n) is 3.40. The Morgan fingerprint density at radius 2 is 2.14 bits per heavy atom. The molecule has 114 valence electrons. The van der Waals surface area contributed by atoms with E-state index < -0.39 is 0 Å². The van der Waals surface area contributed by atoms with E-state index in [-0.39, 0.29) is 0 Å². The largest absolute Gasteiger partial charge is 0.369 e. The van der Waals surface area contributed by atoms with E-state index in [4.69, 9.17) is 11.6 Å². The Morgan fingerprint density at radius 1 is 1.38 bits per heavy atom. The number of nitrogens with one attached hydrogen (secondary N) is 1. The monoisotopic (exact) mass is 323 g/mol. The molecule has 1 N–H and O–H groups in total. The molecule has 3 nitrogen and oxygen atoms in total. The third kappa shape index (κ3) is 4.43. The van der Waals surface area contributed by atoms with Crippen molar-refractivity contribution in [3.05, 3.63) is 44.9 Å². The van der Waals surface area contributed by atoms with Crippen LogP contribution in [-0.2, 0) is 13.1 Å². The van der Waals surface area contributed by atoms with Gasteiger partial charge in [-0.15, -0.1) is 11.3 Å². The fourth-order valence-electron chi connectivity index (χ4n) is 2.02. The third-order valence-corrected chi connectivity index (χ3v) is 4.68. The molecule has 0 aliphatic carbocycles. The van der Waals surface area contributed by atoms with Crippen molar-refractivity contribution >= 4 is 28.6 Å². The first-order chi connectivity index (χ1) is 9.97. The van der Waals surface area contributed by atoms with Crippen LogP contribution in [0.4, 0.5) is 5.69 Å². The van der Waals surface area contributed by atoms with Crippen molar-refractivity contribution < 1.29 is 0 Å². The molecule has 1 aromatic heterocycles. The molecule has 0 atom stereocenters. The molecule has 0 aliphatic rings. The average molecular weight is 324 g/mol. The first-order valence-electron chi connectivity index (χ1n) is 7.09. The van der Waals surface area contributed by atoms with Crippen molar-refractivity contribution in [1.29, 1.82) is 0 Å². The molecule has 0 saturated heterocycles. The minimum Gasteiger partial charge on any atom is -0.369 e. The normalized spacial score (nSPS) is 11.1. The average Bonchev–Trinajstić information content (AvgIpc) is 2.82. The Hall–Kier alpha value is -1.10. The van der Waals surface area contributed by atoms with Gasteiger partial charge in [0.25, 0.3) is 0 Å². The van der Waals surface area contributed by atoms with Gasteiger partial charge < -0.3 is 10.2 Å². The summed E-state index contributed by atoms with van der Waals surface area (Å²) in [4.78, 5) is 7.78. The molecule has 0 saturated carbocycles. The molecular formula is C16H22ClN3S. The SMILES string of the molecule is Cc1ncsc1CN(C)c1ccc(CNC(C)C)c(Cl)c1. The summed E-state index contributed by atoms with van der Waals surface area (Å²) in [5, 5.41) is 4.20. The molecule has 2 aromatic rings. The zero-order valence-electron chi connectivity index (χ0n) is 13.0. The Balaban J connectivity index is 2.06. The maximum atomic E-state index is 6.39. The Bertz CT molecular complexity index is 595. The molecule has 0 radical (unpaired) electrons. The number of anilines is 1. The van der Waals surface area contributed by atoms with E-state index in [1.165, 1.54) is 4.88 Å². The molecule has 0 unspecified atom stereocenters. The van der Waals surface area contributed by atoms with Crippen molar-refractivity contribution in [3.63, 3.8) is 0 Å². The number of rotatable bonds is 6.